The number of ether oxygens (including phenoxy) is 1. The molecule has 0 aromatic heterocycles. The van der Waals surface area contributed by atoms with Crippen LogP contribution in [-0.4, -0.2) is 13.2 Å². The fourth-order valence-electron chi connectivity index (χ4n) is 3.37. The van der Waals surface area contributed by atoms with Gasteiger partial charge in [0, 0.05) is 0 Å². The fraction of sp³-hybridized carbons (Fsp3) is 0.750. The van der Waals surface area contributed by atoms with Gasteiger partial charge in [0.1, 0.15) is 5.75 Å². The molecule has 0 amide bonds. The van der Waals surface area contributed by atoms with Crippen molar-refractivity contribution in [1.29, 1.82) is 0 Å². The number of aryl methyl sites for hydroxylation is 1. The molecule has 0 aliphatic rings. The Bertz CT molecular complexity index is 401. The maximum atomic E-state index is 5.64. The summed E-state index contributed by atoms with van der Waals surface area (Å²) in [6.45, 7) is 3.70. The monoisotopic (exact) mass is 361 g/mol. The Balaban J connectivity index is 1.88. The lowest BCUT2D eigenvalue weighted by atomic mass is 10.0. The van der Waals surface area contributed by atoms with E-state index in [1.54, 1.807) is 0 Å². The van der Waals surface area contributed by atoms with Gasteiger partial charge in [0.2, 0.25) is 0 Å². The first-order valence-corrected chi connectivity index (χ1v) is 11.3. The second-order valence-electron chi connectivity index (χ2n) is 7.63. The third-order valence-electron chi connectivity index (χ3n) is 5.11. The van der Waals surface area contributed by atoms with Crippen LogP contribution in [-0.2, 0) is 6.42 Å². The molecule has 0 unspecified atom stereocenters. The Labute approximate surface area is 162 Å². The van der Waals surface area contributed by atoms with Crippen molar-refractivity contribution in [1.82, 2.24) is 0 Å². The van der Waals surface area contributed by atoms with Crippen LogP contribution in [0.2, 0.25) is 0 Å². The van der Waals surface area contributed by atoms with E-state index >= 15 is 0 Å². The molecule has 0 heterocycles. The standard InChI is InChI=1S/C24H43NO/c1-2-3-4-5-6-7-8-9-10-11-12-13-14-16-23-17-19-24(20-18-23)26-22-15-21-25/h17-20H,2-16,21-22,25H2,1H3. The zero-order valence-electron chi connectivity index (χ0n) is 17.3. The van der Waals surface area contributed by atoms with Crippen molar-refractivity contribution in [3.05, 3.63) is 29.8 Å². The fourth-order valence-corrected chi connectivity index (χ4v) is 3.37. The SMILES string of the molecule is CCCCCCCCCCCCCCCc1ccc(OCCCN)cc1. The summed E-state index contributed by atoms with van der Waals surface area (Å²) in [6.07, 6.45) is 20.5. The Morgan fingerprint density at radius 3 is 1.65 bits per heavy atom. The van der Waals surface area contributed by atoms with E-state index in [2.05, 4.69) is 31.2 Å². The molecule has 0 aliphatic carbocycles. The molecule has 0 radical (unpaired) electrons. The lowest BCUT2D eigenvalue weighted by molar-refractivity contribution is 0.313. The summed E-state index contributed by atoms with van der Waals surface area (Å²) in [6, 6.07) is 8.60. The van der Waals surface area contributed by atoms with Gasteiger partial charge in [-0.2, -0.15) is 0 Å². The highest BCUT2D eigenvalue weighted by molar-refractivity contribution is 5.27. The van der Waals surface area contributed by atoms with E-state index in [0.29, 0.717) is 13.2 Å². The van der Waals surface area contributed by atoms with Gasteiger partial charge in [-0.25, -0.2) is 0 Å². The van der Waals surface area contributed by atoms with Gasteiger partial charge >= 0.3 is 0 Å². The summed E-state index contributed by atoms with van der Waals surface area (Å²) >= 11 is 0. The first-order chi connectivity index (χ1) is 12.9. The van der Waals surface area contributed by atoms with E-state index < -0.39 is 0 Å². The summed E-state index contributed by atoms with van der Waals surface area (Å²) in [5.74, 6) is 0.965. The highest BCUT2D eigenvalue weighted by atomic mass is 16.5. The molecule has 0 fully saturated rings. The van der Waals surface area contributed by atoms with E-state index in [9.17, 15) is 0 Å². The molecular weight excluding hydrogens is 318 g/mol. The van der Waals surface area contributed by atoms with Crippen molar-refractivity contribution in [2.24, 2.45) is 5.73 Å². The number of hydrogen-bond acceptors (Lipinski definition) is 2. The Hall–Kier alpha value is -1.02. The van der Waals surface area contributed by atoms with Crippen molar-refractivity contribution < 1.29 is 4.74 Å². The van der Waals surface area contributed by atoms with Gasteiger partial charge < -0.3 is 10.5 Å². The van der Waals surface area contributed by atoms with Gasteiger partial charge in [-0.1, -0.05) is 96.1 Å². The van der Waals surface area contributed by atoms with Crippen molar-refractivity contribution in [3.8, 4) is 5.75 Å². The number of nitrogens with two attached hydrogens (primary N) is 1. The van der Waals surface area contributed by atoms with E-state index in [1.807, 2.05) is 0 Å². The molecule has 0 spiro atoms. The molecule has 0 saturated carbocycles. The summed E-state index contributed by atoms with van der Waals surface area (Å²) in [7, 11) is 0. The topological polar surface area (TPSA) is 35.2 Å². The molecule has 2 heteroatoms. The largest absolute Gasteiger partial charge is 0.494 e. The molecule has 2 N–H and O–H groups in total. The Morgan fingerprint density at radius 2 is 1.15 bits per heavy atom. The van der Waals surface area contributed by atoms with Gasteiger partial charge in [-0.05, 0) is 43.5 Å². The third-order valence-corrected chi connectivity index (χ3v) is 5.11. The molecule has 0 saturated heterocycles. The smallest absolute Gasteiger partial charge is 0.119 e. The van der Waals surface area contributed by atoms with Gasteiger partial charge in [-0.3, -0.25) is 0 Å². The Morgan fingerprint density at radius 1 is 0.654 bits per heavy atom. The van der Waals surface area contributed by atoms with Crippen LogP contribution in [0.4, 0.5) is 0 Å². The number of benzene rings is 1. The van der Waals surface area contributed by atoms with Crippen LogP contribution in [0, 0.1) is 0 Å². The van der Waals surface area contributed by atoms with Gasteiger partial charge in [0.25, 0.3) is 0 Å². The molecule has 0 aliphatic heterocycles. The molecule has 150 valence electrons. The maximum Gasteiger partial charge on any atom is 0.119 e. The lowest BCUT2D eigenvalue weighted by Gasteiger charge is -2.07. The number of rotatable bonds is 18. The Kier molecular flexibility index (Phi) is 15.4. The zero-order valence-corrected chi connectivity index (χ0v) is 17.3. The van der Waals surface area contributed by atoms with Crippen LogP contribution in [0.5, 0.6) is 5.75 Å². The highest BCUT2D eigenvalue weighted by Crippen LogP contribution is 2.16. The minimum Gasteiger partial charge on any atom is -0.494 e. The molecule has 1 aromatic rings. The van der Waals surface area contributed by atoms with E-state index in [-0.39, 0.29) is 0 Å². The minimum absolute atomic E-state index is 0.692. The molecule has 2 nitrogen and oxygen atoms in total. The first kappa shape index (κ1) is 23.0. The van der Waals surface area contributed by atoms with E-state index in [1.165, 1.54) is 95.5 Å². The van der Waals surface area contributed by atoms with Crippen molar-refractivity contribution in [2.75, 3.05) is 13.2 Å². The highest BCUT2D eigenvalue weighted by Gasteiger charge is 1.97. The quantitative estimate of drug-likeness (QED) is 0.284. The second kappa shape index (κ2) is 17.4. The molecule has 1 aromatic carbocycles. The van der Waals surface area contributed by atoms with E-state index in [4.69, 9.17) is 10.5 Å². The van der Waals surface area contributed by atoms with Crippen molar-refractivity contribution in [3.63, 3.8) is 0 Å². The predicted octanol–water partition coefficient (Wildman–Crippen LogP) is 7.05. The van der Waals surface area contributed by atoms with Gasteiger partial charge in [-0.15, -0.1) is 0 Å². The summed E-state index contributed by atoms with van der Waals surface area (Å²) in [4.78, 5) is 0. The maximum absolute atomic E-state index is 5.64. The predicted molar refractivity (Wildman–Crippen MR) is 115 cm³/mol. The van der Waals surface area contributed by atoms with Crippen LogP contribution in [0.25, 0.3) is 0 Å². The molecular formula is C24H43NO. The van der Waals surface area contributed by atoms with Crippen LogP contribution in [0.15, 0.2) is 24.3 Å². The second-order valence-corrected chi connectivity index (χ2v) is 7.63. The summed E-state index contributed by atoms with van der Waals surface area (Å²) in [5.41, 5.74) is 6.91. The normalized spacial score (nSPS) is 11.0. The van der Waals surface area contributed by atoms with Gasteiger partial charge in [0.15, 0.2) is 0 Å². The van der Waals surface area contributed by atoms with Crippen LogP contribution in [0.3, 0.4) is 0 Å². The van der Waals surface area contributed by atoms with Crippen LogP contribution >= 0.6 is 0 Å². The van der Waals surface area contributed by atoms with Crippen LogP contribution in [0.1, 0.15) is 102 Å². The lowest BCUT2D eigenvalue weighted by Crippen LogP contribution is -2.06. The van der Waals surface area contributed by atoms with Crippen molar-refractivity contribution >= 4 is 0 Å². The third kappa shape index (κ3) is 13.2. The average Bonchev–Trinajstić information content (AvgIpc) is 2.67. The average molecular weight is 362 g/mol. The van der Waals surface area contributed by atoms with Crippen LogP contribution < -0.4 is 10.5 Å². The number of hydrogen-bond donors (Lipinski definition) is 1. The van der Waals surface area contributed by atoms with Gasteiger partial charge in [0.05, 0.1) is 6.61 Å². The first-order valence-electron chi connectivity index (χ1n) is 11.3. The molecule has 0 atom stereocenters. The van der Waals surface area contributed by atoms with Crippen molar-refractivity contribution in [2.45, 2.75) is 103 Å². The summed E-state index contributed by atoms with van der Waals surface area (Å²) < 4.78 is 5.64. The molecule has 26 heavy (non-hydrogen) atoms. The molecule has 1 rings (SSSR count). The van der Waals surface area contributed by atoms with E-state index in [0.717, 1.165) is 12.2 Å². The minimum atomic E-state index is 0.692. The summed E-state index contributed by atoms with van der Waals surface area (Å²) in [5, 5.41) is 0. The molecule has 0 bridgehead atoms. The number of unbranched alkanes of at least 4 members (excludes halogenated alkanes) is 12. The zero-order chi connectivity index (χ0) is 18.7.